The zero-order valence-corrected chi connectivity index (χ0v) is 9.41. The Hall–Kier alpha value is -0.0800. The van der Waals surface area contributed by atoms with Crippen molar-refractivity contribution in [1.82, 2.24) is 0 Å². The van der Waals surface area contributed by atoms with E-state index in [9.17, 15) is 0 Å². The molecule has 0 aromatic rings. The third-order valence-electron chi connectivity index (χ3n) is 3.62. The fourth-order valence-corrected chi connectivity index (χ4v) is 2.22. The van der Waals surface area contributed by atoms with E-state index in [1.165, 1.54) is 0 Å². The van der Waals surface area contributed by atoms with Crippen molar-refractivity contribution in [3.05, 3.63) is 0 Å². The average molecular weight is 202 g/mol. The number of ether oxygens (including phenoxy) is 2. The van der Waals surface area contributed by atoms with Crippen molar-refractivity contribution in [3.63, 3.8) is 0 Å². The number of methoxy groups -OCH3 is 1. The normalized spacial score (nSPS) is 43.1. The third-order valence-corrected chi connectivity index (χ3v) is 3.62. The summed E-state index contributed by atoms with van der Waals surface area (Å²) in [5, 5.41) is 0. The van der Waals surface area contributed by atoms with Crippen LogP contribution in [0, 0.1) is 17.8 Å². The number of rotatable bonds is 2. The highest BCUT2D eigenvalue weighted by Crippen LogP contribution is 2.36. The largest absolute Gasteiger partial charge is 0.356 e. The van der Waals surface area contributed by atoms with E-state index in [0.717, 1.165) is 6.42 Å². The summed E-state index contributed by atoms with van der Waals surface area (Å²) in [4.78, 5) is 0. The van der Waals surface area contributed by atoms with E-state index >= 15 is 0 Å². The predicted octanol–water partition coefficient (Wildman–Crippen LogP) is 3.31. The molecule has 0 aromatic heterocycles. The Morgan fingerprint density at radius 2 is 1.64 bits per heavy atom. The van der Waals surface area contributed by atoms with E-state index in [0.29, 0.717) is 23.9 Å². The van der Waals surface area contributed by atoms with Crippen LogP contribution < -0.4 is 0 Å². The van der Waals surface area contributed by atoms with Crippen molar-refractivity contribution in [3.8, 4) is 0 Å². The van der Waals surface area contributed by atoms with Crippen molar-refractivity contribution in [2.45, 2.75) is 53.9 Å². The maximum Gasteiger partial charge on any atom is 0.160 e. The minimum atomic E-state index is -0.00356. The van der Waals surface area contributed by atoms with Gasteiger partial charge < -0.3 is 9.47 Å². The van der Waals surface area contributed by atoms with Crippen LogP contribution in [0.3, 0.4) is 0 Å². The van der Waals surface area contributed by atoms with Crippen LogP contribution in [0.4, 0.5) is 0 Å². The highest BCUT2D eigenvalue weighted by Gasteiger charge is 2.38. The van der Waals surface area contributed by atoms with Gasteiger partial charge in [0.15, 0.2) is 6.29 Å². The van der Waals surface area contributed by atoms with E-state index in [1.807, 2.05) is 0 Å². The molecule has 0 saturated carbocycles. The molecule has 0 spiro atoms. The van der Waals surface area contributed by atoms with E-state index in [-0.39, 0.29) is 13.7 Å². The Labute approximate surface area is 89.0 Å². The molecule has 14 heavy (non-hydrogen) atoms. The van der Waals surface area contributed by atoms with E-state index in [4.69, 9.17) is 9.47 Å². The molecule has 1 fully saturated rings. The minimum Gasteiger partial charge on any atom is -0.356 e. The van der Waals surface area contributed by atoms with E-state index in [2.05, 4.69) is 27.7 Å². The van der Waals surface area contributed by atoms with Crippen LogP contribution in [-0.4, -0.2) is 19.5 Å². The SMILES string of the molecule is C.CCC1O[C@@H](OC)C(C)[C@H](C)[C@H]1C. The van der Waals surface area contributed by atoms with E-state index < -0.39 is 0 Å². The van der Waals surface area contributed by atoms with Crippen LogP contribution >= 0.6 is 0 Å². The lowest BCUT2D eigenvalue weighted by atomic mass is 9.78. The first-order chi connectivity index (χ1) is 6.11. The first kappa shape index (κ1) is 13.9. The Bertz CT molecular complexity index is 138. The smallest absolute Gasteiger partial charge is 0.160 e. The van der Waals surface area contributed by atoms with Crippen molar-refractivity contribution in [2.75, 3.05) is 7.11 Å². The van der Waals surface area contributed by atoms with Crippen LogP contribution in [0.15, 0.2) is 0 Å². The third kappa shape index (κ3) is 2.48. The second-order valence-electron chi connectivity index (χ2n) is 4.26. The van der Waals surface area contributed by atoms with Gasteiger partial charge in [0.1, 0.15) is 0 Å². The summed E-state index contributed by atoms with van der Waals surface area (Å²) in [6.45, 7) is 8.96. The van der Waals surface area contributed by atoms with Gasteiger partial charge in [-0.05, 0) is 18.3 Å². The molecule has 2 nitrogen and oxygen atoms in total. The van der Waals surface area contributed by atoms with E-state index in [1.54, 1.807) is 7.11 Å². The van der Waals surface area contributed by atoms with Crippen molar-refractivity contribution in [2.24, 2.45) is 17.8 Å². The fraction of sp³-hybridized carbons (Fsp3) is 1.00. The summed E-state index contributed by atoms with van der Waals surface area (Å²) < 4.78 is 11.2. The quantitative estimate of drug-likeness (QED) is 0.684. The average Bonchev–Trinajstić information content (AvgIpc) is 2.15. The molecule has 1 aliphatic rings. The summed E-state index contributed by atoms with van der Waals surface area (Å²) in [5.41, 5.74) is 0. The Morgan fingerprint density at radius 3 is 2.07 bits per heavy atom. The van der Waals surface area contributed by atoms with Crippen LogP contribution in [0.2, 0.25) is 0 Å². The lowest BCUT2D eigenvalue weighted by molar-refractivity contribution is -0.237. The molecule has 0 amide bonds. The fourth-order valence-electron chi connectivity index (χ4n) is 2.22. The maximum absolute atomic E-state index is 5.86. The monoisotopic (exact) mass is 202 g/mol. The van der Waals surface area contributed by atoms with Gasteiger partial charge in [-0.15, -0.1) is 0 Å². The zero-order valence-electron chi connectivity index (χ0n) is 9.41. The first-order valence-corrected chi connectivity index (χ1v) is 5.30. The number of hydrogen-bond acceptors (Lipinski definition) is 2. The van der Waals surface area contributed by atoms with Gasteiger partial charge in [0.05, 0.1) is 6.10 Å². The predicted molar refractivity (Wildman–Crippen MR) is 60.2 cm³/mol. The van der Waals surface area contributed by atoms with Gasteiger partial charge in [-0.3, -0.25) is 0 Å². The molecule has 2 unspecified atom stereocenters. The van der Waals surface area contributed by atoms with Gasteiger partial charge in [0.25, 0.3) is 0 Å². The van der Waals surface area contributed by atoms with Gasteiger partial charge in [-0.2, -0.15) is 0 Å². The highest BCUT2D eigenvalue weighted by molar-refractivity contribution is 4.81. The summed E-state index contributed by atoms with van der Waals surface area (Å²) in [7, 11) is 1.73. The second-order valence-corrected chi connectivity index (χ2v) is 4.26. The molecular weight excluding hydrogens is 176 g/mol. The first-order valence-electron chi connectivity index (χ1n) is 5.30. The van der Waals surface area contributed by atoms with Crippen LogP contribution in [0.25, 0.3) is 0 Å². The maximum atomic E-state index is 5.86. The molecule has 5 atom stereocenters. The number of hydrogen-bond donors (Lipinski definition) is 0. The second kappa shape index (κ2) is 5.72. The molecule has 86 valence electrons. The van der Waals surface area contributed by atoms with Gasteiger partial charge in [-0.1, -0.05) is 35.1 Å². The zero-order chi connectivity index (χ0) is 10.0. The summed E-state index contributed by atoms with van der Waals surface area (Å²) in [6, 6.07) is 0. The molecule has 2 heteroatoms. The molecular formula is C12H26O2. The van der Waals surface area contributed by atoms with Crippen molar-refractivity contribution in [1.29, 1.82) is 0 Å². The summed E-state index contributed by atoms with van der Waals surface area (Å²) in [6.07, 6.45) is 1.45. The standard InChI is InChI=1S/C11H22O2.CH4/c1-6-10-8(3)7(2)9(4)11(12-5)13-10;/h7-11H,6H2,1-5H3;1H4/t7-,8-,9?,10?,11-;/m1./s1. The lowest BCUT2D eigenvalue weighted by Crippen LogP contribution is -2.45. The Kier molecular flexibility index (Phi) is 5.68. The Morgan fingerprint density at radius 1 is 1.07 bits per heavy atom. The van der Waals surface area contributed by atoms with Crippen molar-refractivity contribution >= 4 is 0 Å². The molecule has 1 heterocycles. The molecule has 1 saturated heterocycles. The topological polar surface area (TPSA) is 18.5 Å². The van der Waals surface area contributed by atoms with Gasteiger partial charge in [-0.25, -0.2) is 0 Å². The minimum absolute atomic E-state index is 0. The van der Waals surface area contributed by atoms with Crippen LogP contribution in [0.5, 0.6) is 0 Å². The summed E-state index contributed by atoms with van der Waals surface area (Å²) >= 11 is 0. The molecule has 1 aliphatic heterocycles. The highest BCUT2D eigenvalue weighted by atomic mass is 16.7. The van der Waals surface area contributed by atoms with Gasteiger partial charge in [0, 0.05) is 13.0 Å². The molecule has 0 N–H and O–H groups in total. The molecule has 0 aliphatic carbocycles. The molecule has 0 aromatic carbocycles. The lowest BCUT2D eigenvalue weighted by Gasteiger charge is -2.42. The van der Waals surface area contributed by atoms with Crippen molar-refractivity contribution < 1.29 is 9.47 Å². The van der Waals surface area contributed by atoms with Crippen LogP contribution in [0.1, 0.15) is 41.5 Å². The van der Waals surface area contributed by atoms with Crippen LogP contribution in [-0.2, 0) is 9.47 Å². The molecule has 0 bridgehead atoms. The molecule has 1 rings (SSSR count). The van der Waals surface area contributed by atoms with Gasteiger partial charge in [0.2, 0.25) is 0 Å². The molecule has 0 radical (unpaired) electrons. The van der Waals surface area contributed by atoms with Gasteiger partial charge >= 0.3 is 0 Å². The Balaban J connectivity index is 0.00000169. The summed E-state index contributed by atoms with van der Waals surface area (Å²) in [5.74, 6) is 1.83.